The Labute approximate surface area is 171 Å². The second-order valence-electron chi connectivity index (χ2n) is 7.36. The first-order valence-electron chi connectivity index (χ1n) is 9.94. The number of nitrogens with one attached hydrogen (secondary N) is 3. The van der Waals surface area contributed by atoms with Crippen LogP contribution in [0.1, 0.15) is 29.6 Å². The third-order valence-corrected chi connectivity index (χ3v) is 5.49. The van der Waals surface area contributed by atoms with E-state index in [0.29, 0.717) is 31.7 Å². The van der Waals surface area contributed by atoms with E-state index in [0.717, 1.165) is 24.1 Å². The van der Waals surface area contributed by atoms with Gasteiger partial charge in [-0.05, 0) is 43.7 Å². The highest BCUT2D eigenvalue weighted by Gasteiger charge is 2.31. The van der Waals surface area contributed by atoms with E-state index in [4.69, 9.17) is 4.74 Å². The molecular formula is C21H29N5O3. The van der Waals surface area contributed by atoms with Crippen LogP contribution in [0.3, 0.4) is 0 Å². The third-order valence-electron chi connectivity index (χ3n) is 5.49. The molecule has 8 heteroatoms. The number of aromatic nitrogens is 2. The van der Waals surface area contributed by atoms with Crippen molar-refractivity contribution in [3.05, 3.63) is 42.1 Å². The van der Waals surface area contributed by atoms with E-state index < -0.39 is 0 Å². The molecule has 1 aromatic heterocycles. The number of benzene rings is 1. The summed E-state index contributed by atoms with van der Waals surface area (Å²) in [6, 6.07) is 9.77. The number of hydrogen-bond donors (Lipinski definition) is 3. The molecule has 2 amide bonds. The van der Waals surface area contributed by atoms with E-state index in [1.54, 1.807) is 13.3 Å². The number of hydrogen-bond acceptors (Lipinski definition) is 5. The number of carbonyl (C=O) groups excluding carboxylic acids is 2. The molecule has 8 nitrogen and oxygen atoms in total. The van der Waals surface area contributed by atoms with Crippen molar-refractivity contribution in [1.29, 1.82) is 0 Å². The van der Waals surface area contributed by atoms with Gasteiger partial charge in [-0.3, -0.25) is 19.6 Å². The second kappa shape index (κ2) is 10.2. The maximum absolute atomic E-state index is 12.5. The van der Waals surface area contributed by atoms with Crippen LogP contribution in [0.5, 0.6) is 0 Å². The molecular weight excluding hydrogens is 370 g/mol. The van der Waals surface area contributed by atoms with Gasteiger partial charge in [0.25, 0.3) is 5.91 Å². The number of H-pyrrole nitrogens is 1. The molecule has 2 heterocycles. The van der Waals surface area contributed by atoms with E-state index in [1.165, 1.54) is 0 Å². The first-order valence-corrected chi connectivity index (χ1v) is 9.94. The Balaban J connectivity index is 1.45. The summed E-state index contributed by atoms with van der Waals surface area (Å²) in [5.74, 6) is -0.0451. The van der Waals surface area contributed by atoms with Gasteiger partial charge in [0.15, 0.2) is 0 Å². The van der Waals surface area contributed by atoms with E-state index >= 15 is 0 Å². The van der Waals surface area contributed by atoms with E-state index in [1.807, 2.05) is 37.4 Å². The van der Waals surface area contributed by atoms with Gasteiger partial charge < -0.3 is 15.4 Å². The van der Waals surface area contributed by atoms with Crippen molar-refractivity contribution in [3.63, 3.8) is 0 Å². The Morgan fingerprint density at radius 3 is 2.62 bits per heavy atom. The molecule has 1 fully saturated rings. The van der Waals surface area contributed by atoms with Crippen molar-refractivity contribution < 1.29 is 14.3 Å². The van der Waals surface area contributed by atoms with Crippen molar-refractivity contribution in [1.82, 2.24) is 25.7 Å². The third kappa shape index (κ3) is 5.65. The van der Waals surface area contributed by atoms with Gasteiger partial charge in [-0.15, -0.1) is 0 Å². The minimum atomic E-state index is -0.0877. The van der Waals surface area contributed by atoms with Gasteiger partial charge in [-0.1, -0.05) is 12.1 Å². The van der Waals surface area contributed by atoms with Gasteiger partial charge in [-0.25, -0.2) is 0 Å². The fourth-order valence-electron chi connectivity index (χ4n) is 3.69. The normalized spacial score (nSPS) is 19.2. The molecule has 0 aliphatic carbocycles. The van der Waals surface area contributed by atoms with Crippen molar-refractivity contribution in [3.8, 4) is 11.3 Å². The maximum Gasteiger partial charge on any atom is 0.251 e. The predicted octanol–water partition coefficient (Wildman–Crippen LogP) is 1.42. The van der Waals surface area contributed by atoms with Crippen LogP contribution >= 0.6 is 0 Å². The molecule has 3 rings (SSSR count). The molecule has 3 N–H and O–H groups in total. The SMILES string of the molecule is COCCNC(=O)C[C@H]1CC[C@@H](CNC(=O)c2ccc(-c3ccn[nH]3)cc2)N1C. The lowest BCUT2D eigenvalue weighted by Gasteiger charge is -2.25. The van der Waals surface area contributed by atoms with Crippen molar-refractivity contribution in [2.45, 2.75) is 31.3 Å². The summed E-state index contributed by atoms with van der Waals surface area (Å²) < 4.78 is 4.95. The number of nitrogens with zero attached hydrogens (tertiary/aromatic N) is 2. The zero-order valence-electron chi connectivity index (χ0n) is 17.0. The number of methoxy groups -OCH3 is 1. The average Bonchev–Trinajstić information content (AvgIpc) is 3.38. The number of rotatable bonds is 9. The van der Waals surface area contributed by atoms with Crippen molar-refractivity contribution >= 4 is 11.8 Å². The Morgan fingerprint density at radius 2 is 1.93 bits per heavy atom. The fraction of sp³-hybridized carbons (Fsp3) is 0.476. The first-order chi connectivity index (χ1) is 14.1. The lowest BCUT2D eigenvalue weighted by atomic mass is 10.1. The van der Waals surface area contributed by atoms with Crippen LogP contribution in [0, 0.1) is 0 Å². The summed E-state index contributed by atoms with van der Waals surface area (Å²) in [4.78, 5) is 26.7. The Morgan fingerprint density at radius 1 is 1.17 bits per heavy atom. The predicted molar refractivity (Wildman–Crippen MR) is 110 cm³/mol. The van der Waals surface area contributed by atoms with Gasteiger partial charge in [0, 0.05) is 50.5 Å². The van der Waals surface area contributed by atoms with Gasteiger partial charge >= 0.3 is 0 Å². The van der Waals surface area contributed by atoms with Gasteiger partial charge in [0.05, 0.1) is 12.3 Å². The topological polar surface area (TPSA) is 99.4 Å². The zero-order valence-corrected chi connectivity index (χ0v) is 17.0. The lowest BCUT2D eigenvalue weighted by Crippen LogP contribution is -2.42. The van der Waals surface area contributed by atoms with Crippen molar-refractivity contribution in [2.75, 3.05) is 33.9 Å². The Bertz CT molecular complexity index is 791. The van der Waals surface area contributed by atoms with Crippen LogP contribution in [0.2, 0.25) is 0 Å². The summed E-state index contributed by atoms with van der Waals surface area (Å²) in [5.41, 5.74) is 2.53. The Kier molecular flexibility index (Phi) is 7.37. The van der Waals surface area contributed by atoms with Crippen molar-refractivity contribution in [2.24, 2.45) is 0 Å². The van der Waals surface area contributed by atoms with E-state index in [9.17, 15) is 9.59 Å². The number of ether oxygens (including phenoxy) is 1. The zero-order chi connectivity index (χ0) is 20.6. The molecule has 2 aromatic rings. The molecule has 29 heavy (non-hydrogen) atoms. The molecule has 0 saturated carbocycles. The standard InChI is InChI=1S/C21H29N5O3/c1-26-17(13-20(27)22-11-12-29-2)7-8-18(26)14-23-21(28)16-5-3-15(4-6-16)19-9-10-24-25-19/h3-6,9-10,17-18H,7-8,11-14H2,1-2H3,(H,22,27)(H,23,28)(H,24,25)/t17-,18+/m1/s1. The van der Waals surface area contributed by atoms with Crippen LogP contribution in [0.15, 0.2) is 36.5 Å². The van der Waals surface area contributed by atoms with Crippen LogP contribution in [0.25, 0.3) is 11.3 Å². The summed E-state index contributed by atoms with van der Waals surface area (Å²) in [7, 11) is 3.64. The number of likely N-dealkylation sites (N-methyl/N-ethyl adjacent to an activating group) is 1. The smallest absolute Gasteiger partial charge is 0.251 e. The highest BCUT2D eigenvalue weighted by Crippen LogP contribution is 2.24. The fourth-order valence-corrected chi connectivity index (χ4v) is 3.69. The number of amides is 2. The minimum Gasteiger partial charge on any atom is -0.383 e. The first kappa shape index (κ1) is 21.0. The summed E-state index contributed by atoms with van der Waals surface area (Å²) >= 11 is 0. The summed E-state index contributed by atoms with van der Waals surface area (Å²) in [5, 5.41) is 12.7. The number of likely N-dealkylation sites (tertiary alicyclic amines) is 1. The van der Waals surface area contributed by atoms with Crippen LogP contribution in [-0.4, -0.2) is 72.8 Å². The summed E-state index contributed by atoms with van der Waals surface area (Å²) in [6.45, 7) is 1.62. The van der Waals surface area contributed by atoms with E-state index in [-0.39, 0.29) is 23.9 Å². The lowest BCUT2D eigenvalue weighted by molar-refractivity contribution is -0.122. The molecule has 1 aromatic carbocycles. The largest absolute Gasteiger partial charge is 0.383 e. The van der Waals surface area contributed by atoms with Gasteiger partial charge in [-0.2, -0.15) is 5.10 Å². The molecule has 1 saturated heterocycles. The number of carbonyl (C=O) groups is 2. The molecule has 2 atom stereocenters. The molecule has 0 bridgehead atoms. The quantitative estimate of drug-likeness (QED) is 0.554. The van der Waals surface area contributed by atoms with Gasteiger partial charge in [0.2, 0.25) is 5.91 Å². The van der Waals surface area contributed by atoms with E-state index in [2.05, 4.69) is 25.7 Å². The number of aromatic amines is 1. The second-order valence-corrected chi connectivity index (χ2v) is 7.36. The monoisotopic (exact) mass is 399 g/mol. The van der Waals surface area contributed by atoms with Crippen LogP contribution < -0.4 is 10.6 Å². The van der Waals surface area contributed by atoms with Crippen LogP contribution in [0.4, 0.5) is 0 Å². The Hall–Kier alpha value is -2.71. The van der Waals surface area contributed by atoms with Gasteiger partial charge in [0.1, 0.15) is 0 Å². The highest BCUT2D eigenvalue weighted by atomic mass is 16.5. The maximum atomic E-state index is 12.5. The molecule has 0 unspecified atom stereocenters. The molecule has 156 valence electrons. The summed E-state index contributed by atoms with van der Waals surface area (Å²) in [6.07, 6.45) is 4.09. The molecule has 1 aliphatic heterocycles. The molecule has 1 aliphatic rings. The average molecular weight is 399 g/mol. The molecule has 0 spiro atoms. The molecule has 0 radical (unpaired) electrons. The highest BCUT2D eigenvalue weighted by molar-refractivity contribution is 5.94. The minimum absolute atomic E-state index is 0.0425. The van der Waals surface area contributed by atoms with Crippen LogP contribution in [-0.2, 0) is 9.53 Å².